The van der Waals surface area contributed by atoms with Crippen molar-refractivity contribution in [1.29, 1.82) is 0 Å². The Morgan fingerprint density at radius 1 is 0.897 bits per heavy atom. The van der Waals surface area contributed by atoms with E-state index in [1.165, 1.54) is 0 Å². The van der Waals surface area contributed by atoms with Gasteiger partial charge in [0.1, 0.15) is 10.5 Å². The minimum absolute atomic E-state index is 0.0307. The number of aromatic nitrogens is 4. The first-order chi connectivity index (χ1) is 14.0. The molecule has 0 unspecified atom stereocenters. The molecule has 0 saturated heterocycles. The number of aliphatic hydroxyl groups excluding tert-OH is 4. The molecule has 0 aliphatic rings. The predicted octanol–water partition coefficient (Wildman–Crippen LogP) is 0.293. The van der Waals surface area contributed by atoms with E-state index in [0.29, 0.717) is 40.4 Å². The third-order valence-electron chi connectivity index (χ3n) is 3.00. The Balaban J connectivity index is 0.000000444. The van der Waals surface area contributed by atoms with Crippen molar-refractivity contribution in [3.63, 3.8) is 0 Å². The van der Waals surface area contributed by atoms with Crippen molar-refractivity contribution in [1.82, 2.24) is 25.3 Å². The van der Waals surface area contributed by atoms with E-state index in [1.807, 2.05) is 0 Å². The maximum Gasteiger partial charge on any atom is 0.198 e. The van der Waals surface area contributed by atoms with Crippen LogP contribution in [0.15, 0.2) is 24.5 Å². The Morgan fingerprint density at radius 3 is 1.93 bits per heavy atom. The van der Waals surface area contributed by atoms with E-state index in [9.17, 15) is 0 Å². The lowest BCUT2D eigenvalue weighted by Crippen LogP contribution is -2.30. The van der Waals surface area contributed by atoms with E-state index in [0.717, 1.165) is 5.82 Å². The van der Waals surface area contributed by atoms with E-state index in [1.54, 1.807) is 29.4 Å². The molecule has 0 aliphatic carbocycles. The molecule has 0 atom stereocenters. The zero-order valence-electron chi connectivity index (χ0n) is 15.9. The van der Waals surface area contributed by atoms with Crippen molar-refractivity contribution in [2.24, 2.45) is 0 Å². The number of hydrogen-bond donors (Lipinski definition) is 8. The van der Waals surface area contributed by atoms with Crippen LogP contribution in [0.5, 0.6) is 0 Å². The molecule has 0 bridgehead atoms. The van der Waals surface area contributed by atoms with Crippen LogP contribution < -0.4 is 10.2 Å². The molecule has 29 heavy (non-hydrogen) atoms. The van der Waals surface area contributed by atoms with Crippen LogP contribution in [-0.2, 0) is 0 Å². The smallest absolute Gasteiger partial charge is 0.198 e. The molecule has 0 amide bonds. The first kappa shape index (κ1) is 27.4. The first-order valence-corrected chi connectivity index (χ1v) is 9.93. The maximum absolute atomic E-state index is 8.82. The summed E-state index contributed by atoms with van der Waals surface area (Å²) < 4.78 is 1.62. The number of anilines is 1. The summed E-state index contributed by atoms with van der Waals surface area (Å²) in [4.78, 5) is 14.0. The molecule has 10 nitrogen and oxygen atoms in total. The van der Waals surface area contributed by atoms with Gasteiger partial charge in [-0.2, -0.15) is 0 Å². The van der Waals surface area contributed by atoms with Gasteiger partial charge in [0.2, 0.25) is 0 Å². The van der Waals surface area contributed by atoms with Crippen molar-refractivity contribution in [2.75, 3.05) is 57.5 Å². The summed E-state index contributed by atoms with van der Waals surface area (Å²) >= 11 is 14.3. The van der Waals surface area contributed by atoms with Crippen LogP contribution in [0.2, 0.25) is 0 Å². The van der Waals surface area contributed by atoms with Crippen LogP contribution in [0.1, 0.15) is 0 Å². The van der Waals surface area contributed by atoms with Crippen LogP contribution in [0.4, 0.5) is 5.82 Å². The Morgan fingerprint density at radius 2 is 1.52 bits per heavy atom. The molecule has 0 fully saturated rings. The number of H-pyrrole nitrogens is 3. The standard InChI is InChI=1S/C8H13N3O2S.C4H4N2S2.C4H11NO2/c12-5-3-11(4-6-13)7-1-2-9-8(14)10-7;7-3-1-2-5-4(8)6-3;6-3-1-5-2-4-7/h1-2,12-13H,3-6H2,(H,9,10,14);1-2H,(H2,5,6,7,8);5-7H,1-4H2. The Labute approximate surface area is 184 Å². The zero-order chi connectivity index (χ0) is 21.9. The molecule has 8 N–H and O–H groups in total. The predicted molar refractivity (Wildman–Crippen MR) is 120 cm³/mol. The number of rotatable bonds is 9. The highest BCUT2D eigenvalue weighted by Gasteiger charge is 2.04. The second kappa shape index (κ2) is 18.4. The quantitative estimate of drug-likeness (QED) is 0.192. The second-order valence-corrected chi connectivity index (χ2v) is 6.42. The fraction of sp³-hybridized carbons (Fsp3) is 0.500. The molecule has 164 valence electrons. The molecule has 2 heterocycles. The van der Waals surface area contributed by atoms with Crippen molar-refractivity contribution in [3.05, 3.63) is 38.7 Å². The number of nitrogens with zero attached hydrogens (tertiary/aromatic N) is 2. The number of aliphatic hydroxyl groups is 4. The number of nitrogens with one attached hydrogen (secondary N) is 4. The van der Waals surface area contributed by atoms with Gasteiger partial charge in [0.25, 0.3) is 0 Å². The largest absolute Gasteiger partial charge is 0.395 e. The lowest BCUT2D eigenvalue weighted by atomic mass is 10.4. The highest BCUT2D eigenvalue weighted by Crippen LogP contribution is 2.07. The van der Waals surface area contributed by atoms with Gasteiger partial charge in [-0.1, -0.05) is 12.2 Å². The summed E-state index contributed by atoms with van der Waals surface area (Å²) in [7, 11) is 0. The van der Waals surface area contributed by atoms with Gasteiger partial charge in [-0.25, -0.2) is 4.98 Å². The van der Waals surface area contributed by atoms with Gasteiger partial charge in [-0.3, -0.25) is 0 Å². The SMILES string of the molecule is OCCN(CCO)c1ccnc(=S)[nH]1.OCCNCCO.S=c1cc[nH]c(=S)[nH]1. The van der Waals surface area contributed by atoms with E-state index >= 15 is 0 Å². The van der Waals surface area contributed by atoms with Gasteiger partial charge in [0.15, 0.2) is 9.54 Å². The Kier molecular flexibility index (Phi) is 17.4. The molecule has 2 aromatic heterocycles. The molecule has 2 aromatic rings. The maximum atomic E-state index is 8.82. The highest BCUT2D eigenvalue weighted by molar-refractivity contribution is 7.72. The van der Waals surface area contributed by atoms with Crippen molar-refractivity contribution in [3.8, 4) is 0 Å². The molecule has 0 spiro atoms. The van der Waals surface area contributed by atoms with E-state index in [4.69, 9.17) is 57.1 Å². The zero-order valence-corrected chi connectivity index (χ0v) is 18.3. The van der Waals surface area contributed by atoms with E-state index in [-0.39, 0.29) is 26.4 Å². The fourth-order valence-corrected chi connectivity index (χ4v) is 2.38. The third-order valence-corrected chi connectivity index (χ3v) is 3.67. The normalized spacial score (nSPS) is 9.66. The fourth-order valence-electron chi connectivity index (χ4n) is 1.80. The lowest BCUT2D eigenvalue weighted by molar-refractivity contribution is 0.266. The monoisotopic (exact) mass is 464 g/mol. The summed E-state index contributed by atoms with van der Waals surface area (Å²) in [5.74, 6) is 0.758. The van der Waals surface area contributed by atoms with E-state index in [2.05, 4.69) is 25.3 Å². The van der Waals surface area contributed by atoms with Gasteiger partial charge in [0.05, 0.1) is 26.4 Å². The minimum atomic E-state index is 0.0307. The average Bonchev–Trinajstić information content (AvgIpc) is 2.69. The summed E-state index contributed by atoms with van der Waals surface area (Å²) in [6.07, 6.45) is 3.30. The first-order valence-electron chi connectivity index (χ1n) is 8.70. The highest BCUT2D eigenvalue weighted by atomic mass is 32.1. The van der Waals surface area contributed by atoms with Crippen LogP contribution in [-0.4, -0.2) is 93.0 Å². The summed E-state index contributed by atoms with van der Waals surface area (Å²) in [6, 6.07) is 3.49. The molecule has 0 radical (unpaired) electrons. The molecule has 0 aromatic carbocycles. The Hall–Kier alpha value is -1.58. The second-order valence-electron chi connectivity index (χ2n) is 5.19. The van der Waals surface area contributed by atoms with Gasteiger partial charge < -0.3 is 45.6 Å². The molecule has 2 rings (SSSR count). The van der Waals surface area contributed by atoms with Crippen molar-refractivity contribution in [2.45, 2.75) is 0 Å². The van der Waals surface area contributed by atoms with Crippen LogP contribution in [0.25, 0.3) is 0 Å². The average molecular weight is 465 g/mol. The number of aromatic amines is 3. The van der Waals surface area contributed by atoms with Gasteiger partial charge in [-0.15, -0.1) is 0 Å². The van der Waals surface area contributed by atoms with Crippen molar-refractivity contribution >= 4 is 42.5 Å². The van der Waals surface area contributed by atoms with Crippen LogP contribution >= 0.6 is 36.7 Å². The molecule has 0 saturated carbocycles. The van der Waals surface area contributed by atoms with Crippen LogP contribution in [0, 0.1) is 14.2 Å². The summed E-state index contributed by atoms with van der Waals surface area (Å²) in [6.45, 7) is 2.39. The third kappa shape index (κ3) is 15.0. The molecular weight excluding hydrogens is 436 g/mol. The Bertz CT molecular complexity index is 778. The summed E-state index contributed by atoms with van der Waals surface area (Å²) in [5.41, 5.74) is 0. The van der Waals surface area contributed by atoms with Crippen LogP contribution in [0.3, 0.4) is 0 Å². The van der Waals surface area contributed by atoms with Gasteiger partial charge >= 0.3 is 0 Å². The van der Waals surface area contributed by atoms with Crippen molar-refractivity contribution < 1.29 is 20.4 Å². The van der Waals surface area contributed by atoms with Gasteiger partial charge in [0, 0.05) is 38.6 Å². The molecular formula is C16H28N6O4S3. The minimum Gasteiger partial charge on any atom is -0.395 e. The topological polar surface area (TPSA) is 156 Å². The summed E-state index contributed by atoms with van der Waals surface area (Å²) in [5, 5.41) is 36.7. The van der Waals surface area contributed by atoms with E-state index < -0.39 is 0 Å². The van der Waals surface area contributed by atoms with Gasteiger partial charge in [-0.05, 0) is 36.6 Å². The molecule has 0 aliphatic heterocycles. The molecule has 13 heteroatoms. The number of hydrogen-bond acceptors (Lipinski definition) is 10. The lowest BCUT2D eigenvalue weighted by Gasteiger charge is -2.21.